The van der Waals surface area contributed by atoms with E-state index in [9.17, 15) is 4.79 Å². The van der Waals surface area contributed by atoms with Crippen LogP contribution in [0.1, 0.15) is 64.3 Å². The molecule has 0 aliphatic carbocycles. The van der Waals surface area contributed by atoms with Gasteiger partial charge in [-0.3, -0.25) is 9.79 Å². The fraction of sp³-hybridized carbons (Fsp3) is 0.706. The Hall–Kier alpha value is -2.05. The third-order valence-electron chi connectivity index (χ3n) is 3.62. The van der Waals surface area contributed by atoms with Gasteiger partial charge in [-0.1, -0.05) is 19.0 Å². The predicted octanol–water partition coefficient (Wildman–Crippen LogP) is 2.58. The molecule has 1 aromatic heterocycles. The lowest BCUT2D eigenvalue weighted by Gasteiger charge is -2.11. The minimum absolute atomic E-state index is 0.0920. The fourth-order valence-corrected chi connectivity index (χ4v) is 2.31. The van der Waals surface area contributed by atoms with E-state index >= 15 is 0 Å². The topological polar surface area (TPSA) is 88.8 Å². The van der Waals surface area contributed by atoms with E-state index in [1.165, 1.54) is 0 Å². The maximum Gasteiger partial charge on any atom is 0.307 e. The van der Waals surface area contributed by atoms with Crippen molar-refractivity contribution in [3.8, 4) is 0 Å². The van der Waals surface area contributed by atoms with E-state index < -0.39 is 0 Å². The van der Waals surface area contributed by atoms with E-state index in [-0.39, 0.29) is 12.1 Å². The molecule has 0 aliphatic rings. The van der Waals surface area contributed by atoms with Crippen molar-refractivity contribution in [1.29, 1.82) is 0 Å². The number of carbonyl (C=O) groups is 1. The van der Waals surface area contributed by atoms with Gasteiger partial charge in [0, 0.05) is 25.6 Å². The van der Waals surface area contributed by atoms with Crippen LogP contribution in [-0.4, -0.2) is 36.8 Å². The van der Waals surface area contributed by atoms with Crippen molar-refractivity contribution in [2.75, 3.05) is 13.6 Å². The average molecular weight is 338 g/mol. The minimum atomic E-state index is -0.224. The highest BCUT2D eigenvalue weighted by atomic mass is 16.5. The van der Waals surface area contributed by atoms with Crippen molar-refractivity contribution in [2.24, 2.45) is 4.99 Å². The highest BCUT2D eigenvalue weighted by Crippen LogP contribution is 2.22. The lowest BCUT2D eigenvalue weighted by molar-refractivity contribution is -0.147. The summed E-state index contributed by atoms with van der Waals surface area (Å²) in [6.07, 6.45) is 2.29. The molecule has 0 aliphatic heterocycles. The molecule has 0 bridgehead atoms. The zero-order valence-corrected chi connectivity index (χ0v) is 15.4. The van der Waals surface area contributed by atoms with Crippen molar-refractivity contribution in [3.63, 3.8) is 0 Å². The standard InChI is InChI=1S/C17H30N4O3/c1-6-13(7-2)15-10-14(24-21-15)11-20-17(18-5)19-9-8-16(22)23-12(3)4/h10,12-13H,6-9,11H2,1-5H3,(H2,18,19,20). The maximum atomic E-state index is 11.5. The Morgan fingerprint density at radius 1 is 1.33 bits per heavy atom. The molecule has 0 saturated heterocycles. The minimum Gasteiger partial charge on any atom is -0.463 e. The summed E-state index contributed by atoms with van der Waals surface area (Å²) < 4.78 is 10.4. The molecule has 0 saturated carbocycles. The van der Waals surface area contributed by atoms with Gasteiger partial charge in [0.2, 0.25) is 0 Å². The Kier molecular flexibility index (Phi) is 8.89. The fourth-order valence-electron chi connectivity index (χ4n) is 2.31. The predicted molar refractivity (Wildman–Crippen MR) is 93.9 cm³/mol. The summed E-state index contributed by atoms with van der Waals surface area (Å²) in [5.74, 6) is 1.58. The van der Waals surface area contributed by atoms with Crippen molar-refractivity contribution in [3.05, 3.63) is 17.5 Å². The maximum absolute atomic E-state index is 11.5. The first kappa shape index (κ1) is 20.0. The molecule has 24 heavy (non-hydrogen) atoms. The average Bonchev–Trinajstić information content (AvgIpc) is 3.00. The van der Waals surface area contributed by atoms with Gasteiger partial charge in [-0.15, -0.1) is 0 Å². The van der Waals surface area contributed by atoms with Crippen LogP contribution in [0.2, 0.25) is 0 Å². The molecule has 0 unspecified atom stereocenters. The molecule has 0 aromatic carbocycles. The molecular formula is C17H30N4O3. The van der Waals surface area contributed by atoms with Crippen LogP contribution in [0.5, 0.6) is 0 Å². The third kappa shape index (κ3) is 7.02. The number of guanidine groups is 1. The van der Waals surface area contributed by atoms with Crippen molar-refractivity contribution in [1.82, 2.24) is 15.8 Å². The number of carbonyl (C=O) groups excluding carboxylic acids is 1. The molecule has 0 amide bonds. The second kappa shape index (κ2) is 10.7. The Morgan fingerprint density at radius 3 is 2.62 bits per heavy atom. The summed E-state index contributed by atoms with van der Waals surface area (Å²) in [6.45, 7) is 8.91. The summed E-state index contributed by atoms with van der Waals surface area (Å²) in [4.78, 5) is 15.6. The van der Waals surface area contributed by atoms with Gasteiger partial charge in [0.1, 0.15) is 0 Å². The van der Waals surface area contributed by atoms with Gasteiger partial charge in [0.25, 0.3) is 0 Å². The molecule has 7 nitrogen and oxygen atoms in total. The Morgan fingerprint density at radius 2 is 2.04 bits per heavy atom. The second-order valence-electron chi connectivity index (χ2n) is 5.87. The molecule has 1 heterocycles. The molecule has 0 radical (unpaired) electrons. The normalized spacial score (nSPS) is 11.9. The molecule has 136 valence electrons. The number of aliphatic imine (C=N–C) groups is 1. The SMILES string of the molecule is CCC(CC)c1cc(CNC(=NC)NCCC(=O)OC(C)C)on1. The van der Waals surface area contributed by atoms with Crippen LogP contribution in [0.25, 0.3) is 0 Å². The van der Waals surface area contributed by atoms with E-state index in [2.05, 4.69) is 34.6 Å². The highest BCUT2D eigenvalue weighted by Gasteiger charge is 2.13. The molecule has 0 atom stereocenters. The van der Waals surface area contributed by atoms with Gasteiger partial charge in [-0.2, -0.15) is 0 Å². The van der Waals surface area contributed by atoms with E-state index in [1.54, 1.807) is 7.05 Å². The number of aromatic nitrogens is 1. The van der Waals surface area contributed by atoms with Crippen LogP contribution in [-0.2, 0) is 16.1 Å². The molecule has 7 heteroatoms. The summed E-state index contributed by atoms with van der Waals surface area (Å²) in [6, 6.07) is 1.98. The lowest BCUT2D eigenvalue weighted by atomic mass is 9.99. The summed E-state index contributed by atoms with van der Waals surface area (Å²) >= 11 is 0. The van der Waals surface area contributed by atoms with Crippen LogP contribution in [0.4, 0.5) is 0 Å². The molecule has 0 fully saturated rings. The van der Waals surface area contributed by atoms with Gasteiger partial charge in [-0.25, -0.2) is 0 Å². The number of nitrogens with one attached hydrogen (secondary N) is 2. The van der Waals surface area contributed by atoms with E-state index in [4.69, 9.17) is 9.26 Å². The first-order chi connectivity index (χ1) is 11.5. The second-order valence-corrected chi connectivity index (χ2v) is 5.87. The molecule has 0 spiro atoms. The summed E-state index contributed by atoms with van der Waals surface area (Å²) in [7, 11) is 1.68. The smallest absolute Gasteiger partial charge is 0.307 e. The number of rotatable bonds is 9. The first-order valence-corrected chi connectivity index (χ1v) is 8.59. The number of hydrogen-bond donors (Lipinski definition) is 2. The van der Waals surface area contributed by atoms with Gasteiger partial charge in [0.15, 0.2) is 11.7 Å². The monoisotopic (exact) mass is 338 g/mol. The van der Waals surface area contributed by atoms with Crippen LogP contribution in [0.3, 0.4) is 0 Å². The Balaban J connectivity index is 2.38. The quantitative estimate of drug-likeness (QED) is 0.409. The molecular weight excluding hydrogens is 308 g/mol. The van der Waals surface area contributed by atoms with Crippen molar-refractivity contribution < 1.29 is 14.1 Å². The van der Waals surface area contributed by atoms with Gasteiger partial charge < -0.3 is 19.9 Å². The van der Waals surface area contributed by atoms with E-state index in [0.717, 1.165) is 24.3 Å². The Bertz CT molecular complexity index is 522. The molecule has 1 rings (SSSR count). The number of ether oxygens (including phenoxy) is 1. The first-order valence-electron chi connectivity index (χ1n) is 8.59. The van der Waals surface area contributed by atoms with E-state index in [1.807, 2.05) is 19.9 Å². The lowest BCUT2D eigenvalue weighted by Crippen LogP contribution is -2.38. The third-order valence-corrected chi connectivity index (χ3v) is 3.62. The van der Waals surface area contributed by atoms with Gasteiger partial charge >= 0.3 is 5.97 Å². The number of esters is 1. The van der Waals surface area contributed by atoms with Crippen LogP contribution in [0, 0.1) is 0 Å². The number of nitrogens with zero attached hydrogens (tertiary/aromatic N) is 2. The number of hydrogen-bond acceptors (Lipinski definition) is 5. The summed E-state index contributed by atoms with van der Waals surface area (Å²) in [5.41, 5.74) is 0.996. The van der Waals surface area contributed by atoms with Crippen LogP contribution < -0.4 is 10.6 Å². The largest absolute Gasteiger partial charge is 0.463 e. The van der Waals surface area contributed by atoms with Crippen LogP contribution in [0.15, 0.2) is 15.6 Å². The molecule has 2 N–H and O–H groups in total. The van der Waals surface area contributed by atoms with Crippen molar-refractivity contribution >= 4 is 11.9 Å². The van der Waals surface area contributed by atoms with Crippen LogP contribution >= 0.6 is 0 Å². The molecule has 1 aromatic rings. The van der Waals surface area contributed by atoms with Gasteiger partial charge in [0.05, 0.1) is 24.8 Å². The zero-order chi connectivity index (χ0) is 17.9. The summed E-state index contributed by atoms with van der Waals surface area (Å²) in [5, 5.41) is 10.4. The Labute approximate surface area is 144 Å². The zero-order valence-electron chi connectivity index (χ0n) is 15.4. The van der Waals surface area contributed by atoms with E-state index in [0.29, 0.717) is 31.4 Å². The van der Waals surface area contributed by atoms with Crippen molar-refractivity contribution in [2.45, 2.75) is 65.5 Å². The highest BCUT2D eigenvalue weighted by molar-refractivity contribution is 5.80. The van der Waals surface area contributed by atoms with Gasteiger partial charge in [-0.05, 0) is 26.7 Å².